The summed E-state index contributed by atoms with van der Waals surface area (Å²) in [7, 11) is 0. The Labute approximate surface area is 128 Å². The van der Waals surface area contributed by atoms with Crippen LogP contribution in [0.3, 0.4) is 0 Å². The number of halogens is 1. The molecule has 1 unspecified atom stereocenters. The summed E-state index contributed by atoms with van der Waals surface area (Å²) in [5.74, 6) is -0.662. The number of carbonyl (C=O) groups excluding carboxylic acids is 2. The smallest absolute Gasteiger partial charge is 0.251 e. The second kappa shape index (κ2) is 5.91. The van der Waals surface area contributed by atoms with Crippen LogP contribution in [-0.2, 0) is 4.79 Å². The van der Waals surface area contributed by atoms with Gasteiger partial charge >= 0.3 is 0 Å². The number of fused-ring (bicyclic) bond motifs is 1. The van der Waals surface area contributed by atoms with E-state index in [-0.39, 0.29) is 17.2 Å². The van der Waals surface area contributed by atoms with Gasteiger partial charge in [0.2, 0.25) is 5.91 Å². The fourth-order valence-electron chi connectivity index (χ4n) is 3.30. The molecule has 1 heterocycles. The normalized spacial score (nSPS) is 24.0. The van der Waals surface area contributed by atoms with Crippen molar-refractivity contribution in [1.82, 2.24) is 10.6 Å². The van der Waals surface area contributed by atoms with E-state index in [1.165, 1.54) is 18.2 Å². The van der Waals surface area contributed by atoms with Crippen molar-refractivity contribution < 1.29 is 14.0 Å². The molecule has 0 spiro atoms. The minimum Gasteiger partial charge on any atom is -0.351 e. The minimum atomic E-state index is -0.422. The predicted molar refractivity (Wildman–Crippen MR) is 80.5 cm³/mol. The van der Waals surface area contributed by atoms with Crippen LogP contribution in [0.15, 0.2) is 36.0 Å². The predicted octanol–water partition coefficient (Wildman–Crippen LogP) is 2.52. The zero-order chi connectivity index (χ0) is 15.6. The number of hydrogen-bond donors (Lipinski definition) is 2. The molecule has 22 heavy (non-hydrogen) atoms. The van der Waals surface area contributed by atoms with E-state index in [0.717, 1.165) is 31.4 Å². The molecule has 1 aliphatic heterocycles. The lowest BCUT2D eigenvalue weighted by Crippen LogP contribution is -2.48. The lowest BCUT2D eigenvalue weighted by Gasteiger charge is -2.42. The van der Waals surface area contributed by atoms with Gasteiger partial charge in [-0.2, -0.15) is 0 Å². The molecule has 1 atom stereocenters. The Kier molecular flexibility index (Phi) is 3.96. The van der Waals surface area contributed by atoms with Crippen molar-refractivity contribution in [3.63, 3.8) is 0 Å². The third-order valence-electron chi connectivity index (χ3n) is 4.56. The van der Waals surface area contributed by atoms with Crippen LogP contribution in [0.4, 0.5) is 4.39 Å². The second-order valence-corrected chi connectivity index (χ2v) is 6.03. The summed E-state index contributed by atoms with van der Waals surface area (Å²) < 4.78 is 13.2. The highest BCUT2D eigenvalue weighted by molar-refractivity contribution is 5.94. The molecule has 4 nitrogen and oxygen atoms in total. The minimum absolute atomic E-state index is 0.0419. The maximum atomic E-state index is 13.2. The van der Waals surface area contributed by atoms with E-state index in [9.17, 15) is 14.0 Å². The van der Waals surface area contributed by atoms with Gasteiger partial charge in [0.25, 0.3) is 5.91 Å². The molecule has 0 saturated carbocycles. The number of allylic oxidation sites excluding steroid dienone is 1. The number of nitrogens with one attached hydrogen (secondary N) is 2. The monoisotopic (exact) mass is 302 g/mol. The molecular weight excluding hydrogens is 283 g/mol. The zero-order valence-corrected chi connectivity index (χ0v) is 12.3. The van der Waals surface area contributed by atoms with Crippen molar-refractivity contribution in [2.45, 2.75) is 32.1 Å². The number of benzene rings is 1. The van der Waals surface area contributed by atoms with Crippen molar-refractivity contribution in [3.05, 3.63) is 47.4 Å². The van der Waals surface area contributed by atoms with Crippen LogP contribution in [0, 0.1) is 11.2 Å². The first-order valence-electron chi connectivity index (χ1n) is 7.63. The summed E-state index contributed by atoms with van der Waals surface area (Å²) in [6.45, 7) is 0.467. The van der Waals surface area contributed by atoms with Crippen molar-refractivity contribution in [1.29, 1.82) is 0 Å². The first kappa shape index (κ1) is 14.8. The molecule has 0 radical (unpaired) electrons. The van der Waals surface area contributed by atoms with Gasteiger partial charge in [-0.15, -0.1) is 0 Å². The van der Waals surface area contributed by atoms with Crippen LogP contribution < -0.4 is 10.6 Å². The lowest BCUT2D eigenvalue weighted by atomic mass is 9.70. The van der Waals surface area contributed by atoms with E-state index in [1.807, 2.05) is 0 Å². The molecule has 1 fully saturated rings. The quantitative estimate of drug-likeness (QED) is 0.901. The van der Waals surface area contributed by atoms with Gasteiger partial charge in [-0.05, 0) is 43.9 Å². The largest absolute Gasteiger partial charge is 0.351 e. The highest BCUT2D eigenvalue weighted by Gasteiger charge is 2.40. The molecule has 2 amide bonds. The third-order valence-corrected chi connectivity index (χ3v) is 4.56. The standard InChI is InChI=1S/C17H19FN2O2/c18-13-5-3-4-12(10-13)16(22)19-11-17-8-2-1-6-14(17)20-15(21)7-9-17/h3-6,10H,1-2,7-9,11H2,(H,19,22)(H,20,21). The third kappa shape index (κ3) is 2.89. The summed E-state index contributed by atoms with van der Waals surface area (Å²) >= 11 is 0. The fraction of sp³-hybridized carbons (Fsp3) is 0.412. The Morgan fingerprint density at radius 2 is 2.23 bits per heavy atom. The number of hydrogen-bond acceptors (Lipinski definition) is 2. The average molecular weight is 302 g/mol. The molecule has 5 heteroatoms. The first-order valence-corrected chi connectivity index (χ1v) is 7.63. The van der Waals surface area contributed by atoms with Gasteiger partial charge < -0.3 is 10.6 Å². The summed E-state index contributed by atoms with van der Waals surface area (Å²) in [4.78, 5) is 23.8. The topological polar surface area (TPSA) is 58.2 Å². The van der Waals surface area contributed by atoms with E-state index in [1.54, 1.807) is 6.07 Å². The van der Waals surface area contributed by atoms with Crippen LogP contribution >= 0.6 is 0 Å². The van der Waals surface area contributed by atoms with Crippen molar-refractivity contribution in [3.8, 4) is 0 Å². The Bertz CT molecular complexity index is 641. The van der Waals surface area contributed by atoms with Crippen molar-refractivity contribution in [2.24, 2.45) is 5.41 Å². The number of rotatable bonds is 3. The molecule has 1 saturated heterocycles. The summed E-state index contributed by atoms with van der Waals surface area (Å²) in [5, 5.41) is 5.85. The van der Waals surface area contributed by atoms with Gasteiger partial charge in [0.1, 0.15) is 5.82 Å². The maximum absolute atomic E-state index is 13.2. The van der Waals surface area contributed by atoms with E-state index in [2.05, 4.69) is 16.7 Å². The number of amides is 2. The Hall–Kier alpha value is -2.17. The maximum Gasteiger partial charge on any atom is 0.251 e. The first-order chi connectivity index (χ1) is 10.6. The van der Waals surface area contributed by atoms with Gasteiger partial charge in [-0.25, -0.2) is 4.39 Å². The molecule has 1 aromatic rings. The van der Waals surface area contributed by atoms with E-state index in [0.29, 0.717) is 18.5 Å². The number of piperidine rings is 1. The van der Waals surface area contributed by atoms with Crippen LogP contribution in [0.5, 0.6) is 0 Å². The van der Waals surface area contributed by atoms with Gasteiger partial charge in [0.15, 0.2) is 0 Å². The van der Waals surface area contributed by atoms with E-state index >= 15 is 0 Å². The molecule has 2 N–H and O–H groups in total. The van der Waals surface area contributed by atoms with Gasteiger partial charge in [0.05, 0.1) is 0 Å². The SMILES string of the molecule is O=C1CCC2(CNC(=O)c3cccc(F)c3)CCCC=C2N1. The molecule has 3 rings (SSSR count). The highest BCUT2D eigenvalue weighted by Crippen LogP contribution is 2.42. The van der Waals surface area contributed by atoms with Crippen molar-refractivity contribution in [2.75, 3.05) is 6.54 Å². The highest BCUT2D eigenvalue weighted by atomic mass is 19.1. The van der Waals surface area contributed by atoms with Crippen LogP contribution in [0.1, 0.15) is 42.5 Å². The second-order valence-electron chi connectivity index (χ2n) is 6.03. The summed E-state index contributed by atoms with van der Waals surface area (Å²) in [6, 6.07) is 5.66. The Balaban J connectivity index is 1.71. The summed E-state index contributed by atoms with van der Waals surface area (Å²) in [5.41, 5.74) is 1.07. The lowest BCUT2D eigenvalue weighted by molar-refractivity contribution is -0.122. The van der Waals surface area contributed by atoms with Gasteiger partial charge in [-0.1, -0.05) is 12.1 Å². The molecule has 0 bridgehead atoms. The van der Waals surface area contributed by atoms with Gasteiger partial charge in [-0.3, -0.25) is 9.59 Å². The van der Waals surface area contributed by atoms with Crippen LogP contribution in [-0.4, -0.2) is 18.4 Å². The number of carbonyl (C=O) groups is 2. The van der Waals surface area contributed by atoms with Crippen molar-refractivity contribution >= 4 is 11.8 Å². The average Bonchev–Trinajstić information content (AvgIpc) is 2.53. The molecular formula is C17H19FN2O2. The zero-order valence-electron chi connectivity index (χ0n) is 12.3. The Morgan fingerprint density at radius 3 is 3.05 bits per heavy atom. The molecule has 1 aromatic carbocycles. The fourth-order valence-corrected chi connectivity index (χ4v) is 3.30. The summed E-state index contributed by atoms with van der Waals surface area (Å²) in [6.07, 6.45) is 6.24. The molecule has 116 valence electrons. The van der Waals surface area contributed by atoms with E-state index < -0.39 is 5.82 Å². The molecule has 0 aromatic heterocycles. The van der Waals surface area contributed by atoms with Gasteiger partial charge in [0, 0.05) is 29.6 Å². The van der Waals surface area contributed by atoms with Crippen LogP contribution in [0.2, 0.25) is 0 Å². The van der Waals surface area contributed by atoms with Crippen LogP contribution in [0.25, 0.3) is 0 Å². The molecule has 1 aliphatic carbocycles. The van der Waals surface area contributed by atoms with E-state index in [4.69, 9.17) is 0 Å². The molecule has 2 aliphatic rings. The Morgan fingerprint density at radius 1 is 1.36 bits per heavy atom.